The van der Waals surface area contributed by atoms with Crippen molar-refractivity contribution in [1.82, 2.24) is 19.7 Å². The van der Waals surface area contributed by atoms with Crippen LogP contribution >= 0.6 is 0 Å². The van der Waals surface area contributed by atoms with E-state index in [9.17, 15) is 24.3 Å². The van der Waals surface area contributed by atoms with Gasteiger partial charge >= 0.3 is 12.0 Å². The number of carbonyl (C=O) groups excluding carboxylic acids is 3. The summed E-state index contributed by atoms with van der Waals surface area (Å²) in [5.41, 5.74) is 3.93. The predicted octanol–water partition coefficient (Wildman–Crippen LogP) is 2.55. The maximum absolute atomic E-state index is 13.4. The zero-order valence-electron chi connectivity index (χ0n) is 18.9. The van der Waals surface area contributed by atoms with Gasteiger partial charge in [0.05, 0.1) is 18.0 Å². The highest BCUT2D eigenvalue weighted by atomic mass is 16.4. The van der Waals surface area contributed by atoms with Gasteiger partial charge in [0.2, 0.25) is 11.8 Å². The second-order valence-corrected chi connectivity index (χ2v) is 8.67. The lowest BCUT2D eigenvalue weighted by atomic mass is 9.89. The van der Waals surface area contributed by atoms with Crippen LogP contribution in [0.4, 0.5) is 4.79 Å². The summed E-state index contributed by atoms with van der Waals surface area (Å²) < 4.78 is 2.11. The summed E-state index contributed by atoms with van der Waals surface area (Å²) in [6.45, 7) is 4.81. The Morgan fingerprint density at radius 1 is 1.11 bits per heavy atom. The first-order valence-corrected chi connectivity index (χ1v) is 11.3. The number of nitrogens with one attached hydrogen (secondary N) is 1. The number of aromatic carboxylic acids is 1. The Hall–Kier alpha value is -4.40. The molecule has 2 aromatic carbocycles. The third-order valence-corrected chi connectivity index (χ3v) is 6.64. The number of para-hydroxylation sites is 1. The number of amides is 4. The zero-order valence-corrected chi connectivity index (χ0v) is 18.9. The van der Waals surface area contributed by atoms with Crippen LogP contribution in [0.1, 0.15) is 33.1 Å². The largest absolute Gasteiger partial charge is 0.478 e. The molecule has 0 saturated carbocycles. The molecule has 1 saturated heterocycles. The molecule has 9 nitrogen and oxygen atoms in total. The molecular weight excluding hydrogens is 448 g/mol. The van der Waals surface area contributed by atoms with Crippen molar-refractivity contribution in [2.45, 2.75) is 19.0 Å². The lowest BCUT2D eigenvalue weighted by Crippen LogP contribution is -2.58. The quantitative estimate of drug-likeness (QED) is 0.514. The molecule has 1 fully saturated rings. The van der Waals surface area contributed by atoms with Gasteiger partial charge in [-0.1, -0.05) is 36.9 Å². The molecule has 9 heteroatoms. The van der Waals surface area contributed by atoms with Crippen molar-refractivity contribution in [1.29, 1.82) is 0 Å². The summed E-state index contributed by atoms with van der Waals surface area (Å²) >= 11 is 0. The molecule has 3 aromatic rings. The molecule has 0 spiro atoms. The second-order valence-electron chi connectivity index (χ2n) is 8.67. The molecule has 0 radical (unpaired) electrons. The van der Waals surface area contributed by atoms with Crippen LogP contribution in [0, 0.1) is 0 Å². The minimum atomic E-state index is -0.980. The van der Waals surface area contributed by atoms with Gasteiger partial charge in [-0.25, -0.2) is 9.59 Å². The first kappa shape index (κ1) is 22.4. The van der Waals surface area contributed by atoms with Gasteiger partial charge in [-0.05, 0) is 35.4 Å². The standard InChI is InChI=1S/C26H24N4O5/c1-2-22(31)27-11-12-29-24(32)19-14-28(26(29)35)15-21-23(19)18-5-3-4-6-20(18)30(21)13-16-7-9-17(10-8-16)25(33)34/h2-10,19H,1,11-15H2,(H,27,31)(H,33,34). The molecule has 5 rings (SSSR count). The maximum atomic E-state index is 13.4. The molecule has 2 bridgehead atoms. The topological polar surface area (TPSA) is 112 Å². The monoisotopic (exact) mass is 472 g/mol. The Morgan fingerprint density at radius 3 is 2.57 bits per heavy atom. The van der Waals surface area contributed by atoms with Gasteiger partial charge in [0.1, 0.15) is 0 Å². The first-order valence-electron chi connectivity index (χ1n) is 11.3. The number of rotatable bonds is 7. The third kappa shape index (κ3) is 3.84. The van der Waals surface area contributed by atoms with Gasteiger partial charge in [0.25, 0.3) is 0 Å². The number of urea groups is 1. The van der Waals surface area contributed by atoms with Crippen molar-refractivity contribution in [3.8, 4) is 0 Å². The van der Waals surface area contributed by atoms with E-state index in [4.69, 9.17) is 0 Å². The van der Waals surface area contributed by atoms with E-state index in [0.29, 0.717) is 19.6 Å². The van der Waals surface area contributed by atoms with E-state index in [2.05, 4.69) is 16.5 Å². The highest BCUT2D eigenvalue weighted by molar-refractivity contribution is 6.04. The fourth-order valence-electron chi connectivity index (χ4n) is 4.98. The van der Waals surface area contributed by atoms with Gasteiger partial charge in [0, 0.05) is 42.8 Å². The second kappa shape index (κ2) is 8.75. The first-order chi connectivity index (χ1) is 16.9. The number of carboxylic acid groups (broad SMARTS) is 1. The van der Waals surface area contributed by atoms with Crippen LogP contribution in [0.25, 0.3) is 10.9 Å². The van der Waals surface area contributed by atoms with E-state index in [1.807, 2.05) is 24.3 Å². The lowest BCUT2D eigenvalue weighted by molar-refractivity contribution is -0.133. The van der Waals surface area contributed by atoms with E-state index >= 15 is 0 Å². The van der Waals surface area contributed by atoms with E-state index in [1.54, 1.807) is 29.2 Å². The number of hydrogen-bond acceptors (Lipinski definition) is 4. The SMILES string of the molecule is C=CC(=O)NCCN1C(=O)C2CN(Cc3c2c2ccccc2n3Cc2ccc(C(=O)O)cc2)C1=O. The van der Waals surface area contributed by atoms with Gasteiger partial charge in [-0.2, -0.15) is 0 Å². The summed E-state index contributed by atoms with van der Waals surface area (Å²) in [5, 5.41) is 12.8. The third-order valence-electron chi connectivity index (χ3n) is 6.64. The molecule has 2 aliphatic heterocycles. The Labute approximate surface area is 201 Å². The minimum Gasteiger partial charge on any atom is -0.478 e. The Bertz CT molecular complexity index is 1370. The number of carboxylic acids is 1. The zero-order chi connectivity index (χ0) is 24.7. The van der Waals surface area contributed by atoms with Gasteiger partial charge in [-0.3, -0.25) is 14.5 Å². The van der Waals surface area contributed by atoms with Gasteiger partial charge in [-0.15, -0.1) is 0 Å². The van der Waals surface area contributed by atoms with E-state index in [-0.39, 0.29) is 36.5 Å². The lowest BCUT2D eigenvalue weighted by Gasteiger charge is -2.42. The number of hydrogen-bond donors (Lipinski definition) is 2. The smallest absolute Gasteiger partial charge is 0.335 e. The number of imide groups is 1. The molecule has 4 amide bonds. The maximum Gasteiger partial charge on any atom is 0.335 e. The van der Waals surface area contributed by atoms with Crippen LogP contribution in [0.3, 0.4) is 0 Å². The summed E-state index contributed by atoms with van der Waals surface area (Å²) in [4.78, 5) is 52.1. The van der Waals surface area contributed by atoms with Gasteiger partial charge in [0.15, 0.2) is 0 Å². The van der Waals surface area contributed by atoms with Crippen LogP contribution < -0.4 is 5.32 Å². The van der Waals surface area contributed by atoms with E-state index < -0.39 is 11.9 Å². The number of carbonyl (C=O) groups is 4. The summed E-state index contributed by atoms with van der Waals surface area (Å²) in [6.07, 6.45) is 1.15. The van der Waals surface area contributed by atoms with E-state index in [1.165, 1.54) is 4.90 Å². The number of fused-ring (bicyclic) bond motifs is 6. The van der Waals surface area contributed by atoms with Crippen molar-refractivity contribution in [3.63, 3.8) is 0 Å². The molecule has 178 valence electrons. The van der Waals surface area contributed by atoms with Crippen LogP contribution in [0.2, 0.25) is 0 Å². The Balaban J connectivity index is 1.51. The number of aromatic nitrogens is 1. The summed E-state index contributed by atoms with van der Waals surface area (Å²) in [5.74, 6) is -2.10. The Morgan fingerprint density at radius 2 is 1.86 bits per heavy atom. The van der Waals surface area contributed by atoms with Crippen molar-refractivity contribution in [2.24, 2.45) is 0 Å². The van der Waals surface area contributed by atoms with Crippen molar-refractivity contribution in [3.05, 3.63) is 83.6 Å². The fourth-order valence-corrected chi connectivity index (χ4v) is 4.98. The van der Waals surface area contributed by atoms with E-state index in [0.717, 1.165) is 33.8 Å². The van der Waals surface area contributed by atoms with Crippen LogP contribution in [0.15, 0.2) is 61.2 Å². The summed E-state index contributed by atoms with van der Waals surface area (Å²) in [7, 11) is 0. The van der Waals surface area contributed by atoms with Crippen molar-refractivity contribution >= 4 is 34.7 Å². The van der Waals surface area contributed by atoms with Crippen LogP contribution in [-0.4, -0.2) is 62.9 Å². The van der Waals surface area contributed by atoms with Crippen molar-refractivity contribution < 1.29 is 24.3 Å². The van der Waals surface area contributed by atoms with Crippen LogP contribution in [0.5, 0.6) is 0 Å². The molecule has 1 atom stereocenters. The normalized spacial score (nSPS) is 16.9. The number of nitrogens with zero attached hydrogens (tertiary/aromatic N) is 3. The van der Waals surface area contributed by atoms with Gasteiger partial charge < -0.3 is 19.9 Å². The molecule has 3 heterocycles. The summed E-state index contributed by atoms with van der Waals surface area (Å²) in [6, 6.07) is 14.2. The molecule has 0 aliphatic carbocycles. The predicted molar refractivity (Wildman–Crippen MR) is 128 cm³/mol. The molecule has 1 unspecified atom stereocenters. The molecule has 1 aromatic heterocycles. The molecule has 2 N–H and O–H groups in total. The molecule has 35 heavy (non-hydrogen) atoms. The fraction of sp³-hybridized carbons (Fsp3) is 0.231. The number of benzene rings is 2. The minimum absolute atomic E-state index is 0.0914. The highest BCUT2D eigenvalue weighted by Gasteiger charge is 2.45. The average molecular weight is 473 g/mol. The average Bonchev–Trinajstić information content (AvgIpc) is 3.18. The van der Waals surface area contributed by atoms with Crippen molar-refractivity contribution in [2.75, 3.05) is 19.6 Å². The highest BCUT2D eigenvalue weighted by Crippen LogP contribution is 2.40. The molecular formula is C26H24N4O5. The van der Waals surface area contributed by atoms with Crippen LogP contribution in [-0.2, 0) is 22.7 Å². The molecule has 2 aliphatic rings. The Kier molecular flexibility index (Phi) is 5.60.